The van der Waals surface area contributed by atoms with Crippen molar-refractivity contribution in [1.29, 1.82) is 0 Å². The van der Waals surface area contributed by atoms with Crippen LogP contribution in [0.2, 0.25) is 0 Å². The lowest BCUT2D eigenvalue weighted by molar-refractivity contribution is -0.139. The molecule has 0 bridgehead atoms. The van der Waals surface area contributed by atoms with Crippen LogP contribution in [-0.2, 0) is 16.4 Å². The second-order valence-corrected chi connectivity index (χ2v) is 7.16. The maximum absolute atomic E-state index is 12.9. The second kappa shape index (κ2) is 6.70. The van der Waals surface area contributed by atoms with Crippen molar-refractivity contribution < 1.29 is 18.0 Å². The normalized spacial score (nSPS) is 19.5. The van der Waals surface area contributed by atoms with Gasteiger partial charge < -0.3 is 9.80 Å². The lowest BCUT2D eigenvalue weighted by Gasteiger charge is -2.31. The first kappa shape index (κ1) is 18.7. The van der Waals surface area contributed by atoms with Crippen molar-refractivity contribution in [3.8, 4) is 0 Å². The summed E-state index contributed by atoms with van der Waals surface area (Å²) in [4.78, 5) is 20.6. The minimum absolute atomic E-state index is 0.137. The van der Waals surface area contributed by atoms with Crippen molar-refractivity contribution in [2.45, 2.75) is 31.9 Å². The number of alkyl halides is 3. The fourth-order valence-electron chi connectivity index (χ4n) is 3.18. The largest absolute Gasteiger partial charge is 0.416 e. The van der Waals surface area contributed by atoms with Gasteiger partial charge >= 0.3 is 6.18 Å². The highest BCUT2D eigenvalue weighted by molar-refractivity contribution is 5.86. The number of carbonyl (C=O) groups excluding carboxylic acids is 1. The molecule has 1 saturated heterocycles. The maximum atomic E-state index is 12.9. The van der Waals surface area contributed by atoms with Gasteiger partial charge in [0.05, 0.1) is 16.7 Å². The quantitative estimate of drug-likeness (QED) is 0.843. The maximum Gasteiger partial charge on any atom is 0.416 e. The zero-order chi connectivity index (χ0) is 18.1. The topological polar surface area (TPSA) is 36.4 Å². The molecular formula is C17H24F3N3O. The van der Waals surface area contributed by atoms with Gasteiger partial charge in [0.15, 0.2) is 0 Å². The first-order valence-electron chi connectivity index (χ1n) is 7.99. The average Bonchev–Trinajstić information content (AvgIpc) is 2.90. The Labute approximate surface area is 140 Å². The lowest BCUT2D eigenvalue weighted by atomic mass is 9.86. The number of aromatic nitrogens is 1. The zero-order valence-corrected chi connectivity index (χ0v) is 14.5. The van der Waals surface area contributed by atoms with E-state index >= 15 is 0 Å². The minimum atomic E-state index is -4.45. The molecular weight excluding hydrogens is 319 g/mol. The molecule has 4 nitrogen and oxygen atoms in total. The zero-order valence-electron chi connectivity index (χ0n) is 14.5. The van der Waals surface area contributed by atoms with Gasteiger partial charge in [-0.15, -0.1) is 0 Å². The molecule has 1 aromatic heterocycles. The van der Waals surface area contributed by atoms with Gasteiger partial charge in [-0.2, -0.15) is 13.2 Å². The third-order valence-corrected chi connectivity index (χ3v) is 4.63. The Morgan fingerprint density at radius 1 is 1.42 bits per heavy atom. The number of hydrogen-bond acceptors (Lipinski definition) is 3. The molecule has 1 atom stereocenters. The van der Waals surface area contributed by atoms with Crippen molar-refractivity contribution >= 4 is 5.91 Å². The van der Waals surface area contributed by atoms with E-state index in [0.29, 0.717) is 12.5 Å². The van der Waals surface area contributed by atoms with Crippen LogP contribution in [0.1, 0.15) is 31.5 Å². The van der Waals surface area contributed by atoms with Gasteiger partial charge in [-0.3, -0.25) is 9.78 Å². The average molecular weight is 343 g/mol. The van der Waals surface area contributed by atoms with E-state index in [0.717, 1.165) is 37.8 Å². The van der Waals surface area contributed by atoms with Gasteiger partial charge in [0.2, 0.25) is 5.91 Å². The smallest absolute Gasteiger partial charge is 0.345 e. The number of halogens is 3. The molecule has 0 saturated carbocycles. The highest BCUT2D eigenvalue weighted by atomic mass is 19.4. The fraction of sp³-hybridized carbons (Fsp3) is 0.647. The molecule has 0 radical (unpaired) electrons. The Morgan fingerprint density at radius 3 is 2.62 bits per heavy atom. The summed E-state index contributed by atoms with van der Waals surface area (Å²) < 4.78 is 38.7. The van der Waals surface area contributed by atoms with Crippen LogP contribution < -0.4 is 0 Å². The highest BCUT2D eigenvalue weighted by Crippen LogP contribution is 2.32. The predicted molar refractivity (Wildman–Crippen MR) is 85.5 cm³/mol. The van der Waals surface area contributed by atoms with Crippen molar-refractivity contribution in [1.82, 2.24) is 14.8 Å². The molecule has 1 aliphatic heterocycles. The van der Waals surface area contributed by atoms with E-state index in [1.165, 1.54) is 0 Å². The molecule has 0 aliphatic carbocycles. The number of likely N-dealkylation sites (N-methyl/N-ethyl adjacent to an activating group) is 1. The summed E-state index contributed by atoms with van der Waals surface area (Å²) in [5, 5.41) is 0. The van der Waals surface area contributed by atoms with Gasteiger partial charge in [0, 0.05) is 26.3 Å². The summed E-state index contributed by atoms with van der Waals surface area (Å²) in [6, 6.07) is 1.89. The molecule has 1 unspecified atom stereocenters. The summed E-state index contributed by atoms with van der Waals surface area (Å²) >= 11 is 0. The standard InChI is InChI=1S/C17H24F3N3O/c1-16(2,14-9-13(5-7-21-14)17(18,19)20)15(24)23(4)11-12-6-8-22(3)10-12/h5,7,9,12H,6,8,10-11H2,1-4H3. The van der Waals surface area contributed by atoms with Crippen LogP contribution >= 0.6 is 0 Å². The summed E-state index contributed by atoms with van der Waals surface area (Å²) in [5.74, 6) is 0.179. The monoisotopic (exact) mass is 343 g/mol. The summed E-state index contributed by atoms with van der Waals surface area (Å²) in [6.07, 6.45) is -2.31. The highest BCUT2D eigenvalue weighted by Gasteiger charge is 2.38. The fourth-order valence-corrected chi connectivity index (χ4v) is 3.18. The van der Waals surface area contributed by atoms with Crippen LogP contribution in [0, 0.1) is 5.92 Å². The molecule has 24 heavy (non-hydrogen) atoms. The van der Waals surface area contributed by atoms with Crippen LogP contribution in [0.15, 0.2) is 18.3 Å². The lowest BCUT2D eigenvalue weighted by Crippen LogP contribution is -2.44. The van der Waals surface area contributed by atoms with E-state index in [1.807, 2.05) is 7.05 Å². The third-order valence-electron chi connectivity index (χ3n) is 4.63. The molecule has 7 heteroatoms. The van der Waals surface area contributed by atoms with E-state index in [9.17, 15) is 18.0 Å². The molecule has 1 aromatic rings. The SMILES string of the molecule is CN1CCC(CN(C)C(=O)C(C)(C)c2cc(C(F)(F)F)ccn2)C1. The third kappa shape index (κ3) is 4.06. The Bertz CT molecular complexity index is 601. The molecule has 1 amide bonds. The molecule has 2 rings (SSSR count). The number of pyridine rings is 1. The van der Waals surface area contributed by atoms with E-state index in [1.54, 1.807) is 25.8 Å². The van der Waals surface area contributed by atoms with E-state index < -0.39 is 17.2 Å². The first-order valence-corrected chi connectivity index (χ1v) is 7.99. The molecule has 1 aliphatic rings. The first-order chi connectivity index (χ1) is 11.0. The van der Waals surface area contributed by atoms with Crippen LogP contribution in [0.5, 0.6) is 0 Å². The van der Waals surface area contributed by atoms with Crippen molar-refractivity contribution in [2.24, 2.45) is 5.92 Å². The minimum Gasteiger partial charge on any atom is -0.345 e. The molecule has 1 fully saturated rings. The molecule has 0 spiro atoms. The van der Waals surface area contributed by atoms with E-state index in [-0.39, 0.29) is 11.6 Å². The second-order valence-electron chi connectivity index (χ2n) is 7.16. The van der Waals surface area contributed by atoms with Gasteiger partial charge in [-0.05, 0) is 51.9 Å². The number of rotatable bonds is 4. The summed E-state index contributed by atoms with van der Waals surface area (Å²) in [6.45, 7) is 5.78. The summed E-state index contributed by atoms with van der Waals surface area (Å²) in [7, 11) is 3.74. The van der Waals surface area contributed by atoms with Gasteiger partial charge in [0.25, 0.3) is 0 Å². The van der Waals surface area contributed by atoms with Gasteiger partial charge in [-0.25, -0.2) is 0 Å². The molecule has 0 N–H and O–H groups in total. The Kier molecular flexibility index (Phi) is 5.22. The van der Waals surface area contributed by atoms with Crippen LogP contribution in [0.3, 0.4) is 0 Å². The Hall–Kier alpha value is -1.63. The molecule has 134 valence electrons. The molecule has 0 aromatic carbocycles. The Balaban J connectivity index is 2.15. The van der Waals surface area contributed by atoms with Crippen molar-refractivity contribution in [2.75, 3.05) is 33.7 Å². The van der Waals surface area contributed by atoms with Crippen molar-refractivity contribution in [3.05, 3.63) is 29.6 Å². The van der Waals surface area contributed by atoms with Crippen LogP contribution in [-0.4, -0.2) is 54.4 Å². The van der Waals surface area contributed by atoms with Crippen LogP contribution in [0.25, 0.3) is 0 Å². The number of amides is 1. The number of hydrogen-bond donors (Lipinski definition) is 0. The van der Waals surface area contributed by atoms with E-state index in [4.69, 9.17) is 0 Å². The molecule has 2 heterocycles. The van der Waals surface area contributed by atoms with Crippen molar-refractivity contribution in [3.63, 3.8) is 0 Å². The van der Waals surface area contributed by atoms with E-state index in [2.05, 4.69) is 9.88 Å². The predicted octanol–water partition coefficient (Wildman–Crippen LogP) is 2.79. The Morgan fingerprint density at radius 2 is 2.08 bits per heavy atom. The van der Waals surface area contributed by atoms with Crippen LogP contribution in [0.4, 0.5) is 13.2 Å². The number of carbonyl (C=O) groups is 1. The van der Waals surface area contributed by atoms with Gasteiger partial charge in [0.1, 0.15) is 0 Å². The number of nitrogens with zero attached hydrogens (tertiary/aromatic N) is 3. The van der Waals surface area contributed by atoms with Gasteiger partial charge in [-0.1, -0.05) is 0 Å². The summed E-state index contributed by atoms with van der Waals surface area (Å²) in [5.41, 5.74) is -1.76. The number of likely N-dealkylation sites (tertiary alicyclic amines) is 1.